The molecule has 79 valence electrons. The van der Waals surface area contributed by atoms with Gasteiger partial charge in [-0.05, 0) is 13.3 Å². The Kier molecular flexibility index (Phi) is 4.92. The van der Waals surface area contributed by atoms with Gasteiger partial charge in [-0.2, -0.15) is 15.8 Å². The van der Waals surface area contributed by atoms with Gasteiger partial charge in [0.1, 0.15) is 6.61 Å². The van der Waals surface area contributed by atoms with Gasteiger partial charge in [0.05, 0.1) is 5.37 Å². The maximum Gasteiger partial charge on any atom is 0.274 e. The lowest BCUT2D eigenvalue weighted by Gasteiger charge is -1.98. The number of hydrogen-bond donors (Lipinski definition) is 1. The summed E-state index contributed by atoms with van der Waals surface area (Å²) in [6.45, 7) is 4.44. The first-order valence-corrected chi connectivity index (χ1v) is 5.46. The highest BCUT2D eigenvalue weighted by atomic mass is 32.2. The number of thioether (sulfide) groups is 1. The van der Waals surface area contributed by atoms with E-state index in [1.807, 2.05) is 13.8 Å². The monoisotopic (exact) mass is 216 g/mol. The fraction of sp³-hybridized carbons (Fsp3) is 0.750. The zero-order valence-electron chi connectivity index (χ0n) is 8.32. The van der Waals surface area contributed by atoms with Gasteiger partial charge in [0.15, 0.2) is 0 Å². The van der Waals surface area contributed by atoms with E-state index in [9.17, 15) is 4.79 Å². The van der Waals surface area contributed by atoms with Crippen molar-refractivity contribution in [1.29, 1.82) is 0 Å². The van der Waals surface area contributed by atoms with E-state index >= 15 is 0 Å². The standard InChI is InChI=1S/C8H14N3O2S/c1-3-7-10-11-8(14-7)9-6(12)5-13-4-2/h7,10H,3-5H2,1-2H3. The first-order valence-electron chi connectivity index (χ1n) is 4.58. The predicted octanol–water partition coefficient (Wildman–Crippen LogP) is 0.497. The highest BCUT2D eigenvalue weighted by molar-refractivity contribution is 8.14. The van der Waals surface area contributed by atoms with Crippen LogP contribution in [-0.4, -0.2) is 29.7 Å². The van der Waals surface area contributed by atoms with Crippen LogP contribution in [0.5, 0.6) is 0 Å². The fourth-order valence-electron chi connectivity index (χ4n) is 0.861. The highest BCUT2D eigenvalue weighted by Gasteiger charge is 2.21. The molecule has 0 saturated carbocycles. The van der Waals surface area contributed by atoms with E-state index < -0.39 is 0 Å². The SMILES string of the molecule is CCOCC(=O)N=C1[N]NC(CC)S1. The van der Waals surface area contributed by atoms with Gasteiger partial charge in [0.2, 0.25) is 5.17 Å². The van der Waals surface area contributed by atoms with Crippen LogP contribution in [-0.2, 0) is 9.53 Å². The average molecular weight is 216 g/mol. The molecule has 0 spiro atoms. The zero-order valence-corrected chi connectivity index (χ0v) is 9.13. The molecule has 0 aromatic carbocycles. The van der Waals surface area contributed by atoms with Crippen LogP contribution >= 0.6 is 11.8 Å². The molecule has 6 heteroatoms. The van der Waals surface area contributed by atoms with Gasteiger partial charge in [0.25, 0.3) is 5.91 Å². The normalized spacial score (nSPS) is 23.9. The molecule has 1 heterocycles. The summed E-state index contributed by atoms with van der Waals surface area (Å²) in [5, 5.41) is 0.746. The lowest BCUT2D eigenvalue weighted by molar-refractivity contribution is -0.122. The molecular weight excluding hydrogens is 202 g/mol. The molecule has 5 nitrogen and oxygen atoms in total. The Morgan fingerprint density at radius 2 is 2.50 bits per heavy atom. The molecule has 1 aliphatic rings. The molecule has 0 aliphatic carbocycles. The number of hydrogen-bond acceptors (Lipinski definition) is 4. The van der Waals surface area contributed by atoms with E-state index in [1.54, 1.807) is 0 Å². The average Bonchev–Trinajstić information content (AvgIpc) is 2.62. The third kappa shape index (κ3) is 3.65. The number of nitrogens with zero attached hydrogens (tertiary/aromatic N) is 2. The Hall–Kier alpha value is -0.590. The molecule has 0 bridgehead atoms. The van der Waals surface area contributed by atoms with E-state index in [4.69, 9.17) is 4.74 Å². The first-order chi connectivity index (χ1) is 6.76. The minimum absolute atomic E-state index is 0.0346. The Morgan fingerprint density at radius 1 is 1.71 bits per heavy atom. The zero-order chi connectivity index (χ0) is 10.4. The molecule has 1 rings (SSSR count). The number of ether oxygens (including phenoxy) is 1. The second-order valence-corrected chi connectivity index (χ2v) is 3.85. The van der Waals surface area contributed by atoms with Crippen LogP contribution in [0.4, 0.5) is 0 Å². The van der Waals surface area contributed by atoms with Gasteiger partial charge in [-0.25, -0.2) is 0 Å². The fourth-order valence-corrected chi connectivity index (χ4v) is 1.65. The van der Waals surface area contributed by atoms with Gasteiger partial charge < -0.3 is 4.74 Å². The maximum atomic E-state index is 11.1. The molecule has 1 amide bonds. The van der Waals surface area contributed by atoms with Crippen molar-refractivity contribution in [2.45, 2.75) is 25.6 Å². The Balaban J connectivity index is 2.34. The van der Waals surface area contributed by atoms with Crippen molar-refractivity contribution < 1.29 is 9.53 Å². The summed E-state index contributed by atoms with van der Waals surface area (Å²) in [5.74, 6) is -0.281. The molecule has 1 unspecified atom stereocenters. The Labute approximate surface area is 87.7 Å². The minimum atomic E-state index is -0.281. The van der Waals surface area contributed by atoms with E-state index in [-0.39, 0.29) is 17.9 Å². The van der Waals surface area contributed by atoms with Gasteiger partial charge in [-0.1, -0.05) is 18.7 Å². The number of carbonyl (C=O) groups excluding carboxylic acids is 1. The summed E-state index contributed by atoms with van der Waals surface area (Å²) < 4.78 is 4.93. The van der Waals surface area contributed by atoms with Crippen LogP contribution in [0.3, 0.4) is 0 Å². The van der Waals surface area contributed by atoms with E-state index in [0.29, 0.717) is 11.8 Å². The summed E-state index contributed by atoms with van der Waals surface area (Å²) in [5.41, 5.74) is 6.80. The first kappa shape index (κ1) is 11.5. The van der Waals surface area contributed by atoms with Crippen LogP contribution < -0.4 is 10.9 Å². The largest absolute Gasteiger partial charge is 0.372 e. The summed E-state index contributed by atoms with van der Waals surface area (Å²) in [6.07, 6.45) is 0.951. The Bertz CT molecular complexity index is 233. The van der Waals surface area contributed by atoms with E-state index in [0.717, 1.165) is 6.42 Å². The summed E-state index contributed by atoms with van der Waals surface area (Å²) >= 11 is 1.47. The maximum absolute atomic E-state index is 11.1. The van der Waals surface area contributed by atoms with Crippen LogP contribution in [0.2, 0.25) is 0 Å². The number of amidine groups is 1. The molecule has 1 fully saturated rings. The lowest BCUT2D eigenvalue weighted by atomic mass is 10.5. The molecule has 1 aliphatic heterocycles. The van der Waals surface area contributed by atoms with Gasteiger partial charge >= 0.3 is 0 Å². The van der Waals surface area contributed by atoms with Crippen molar-refractivity contribution in [1.82, 2.24) is 10.9 Å². The number of aliphatic imine (C=N–C) groups is 1. The predicted molar refractivity (Wildman–Crippen MR) is 55.9 cm³/mol. The van der Waals surface area contributed by atoms with Crippen LogP contribution in [0.15, 0.2) is 4.99 Å². The van der Waals surface area contributed by atoms with Crippen LogP contribution in [0, 0.1) is 0 Å². The molecular formula is C8H14N3O2S. The number of rotatable bonds is 4. The van der Waals surface area contributed by atoms with E-state index in [1.165, 1.54) is 11.8 Å². The van der Waals surface area contributed by atoms with Crippen molar-refractivity contribution in [2.24, 2.45) is 4.99 Å². The van der Waals surface area contributed by atoms with Crippen molar-refractivity contribution >= 4 is 22.8 Å². The van der Waals surface area contributed by atoms with Gasteiger partial charge in [0, 0.05) is 6.61 Å². The van der Waals surface area contributed by atoms with Crippen molar-refractivity contribution in [3.8, 4) is 0 Å². The quantitative estimate of drug-likeness (QED) is 0.743. The smallest absolute Gasteiger partial charge is 0.274 e. The van der Waals surface area contributed by atoms with Gasteiger partial charge in [-0.15, -0.1) is 0 Å². The minimum Gasteiger partial charge on any atom is -0.372 e. The third-order valence-corrected chi connectivity index (χ3v) is 2.69. The molecule has 14 heavy (non-hydrogen) atoms. The van der Waals surface area contributed by atoms with Crippen LogP contribution in [0.25, 0.3) is 0 Å². The lowest BCUT2D eigenvalue weighted by Crippen LogP contribution is -2.24. The van der Waals surface area contributed by atoms with E-state index in [2.05, 4.69) is 15.8 Å². The molecule has 1 atom stereocenters. The number of carbonyl (C=O) groups is 1. The van der Waals surface area contributed by atoms with Gasteiger partial charge in [-0.3, -0.25) is 4.79 Å². The third-order valence-electron chi connectivity index (χ3n) is 1.57. The molecule has 1 radical (unpaired) electrons. The second kappa shape index (κ2) is 6.00. The second-order valence-electron chi connectivity index (χ2n) is 2.68. The summed E-state index contributed by atoms with van der Waals surface area (Å²) in [7, 11) is 0. The molecule has 1 saturated heterocycles. The molecule has 0 aromatic rings. The topological polar surface area (TPSA) is 64.8 Å². The van der Waals surface area contributed by atoms with Crippen LogP contribution in [0.1, 0.15) is 20.3 Å². The number of nitrogens with one attached hydrogen (secondary N) is 1. The Morgan fingerprint density at radius 3 is 3.07 bits per heavy atom. The highest BCUT2D eigenvalue weighted by Crippen LogP contribution is 2.17. The molecule has 0 aromatic heterocycles. The van der Waals surface area contributed by atoms with Crippen molar-refractivity contribution in [2.75, 3.05) is 13.2 Å². The van der Waals surface area contributed by atoms with Crippen molar-refractivity contribution in [3.05, 3.63) is 0 Å². The molecule has 1 N–H and O–H groups in total. The summed E-state index contributed by atoms with van der Waals surface area (Å²) in [4.78, 5) is 14.9. The van der Waals surface area contributed by atoms with Crippen molar-refractivity contribution in [3.63, 3.8) is 0 Å². The summed E-state index contributed by atoms with van der Waals surface area (Å²) in [6, 6.07) is 0. The number of amides is 1.